The molecule has 1 N–H and O–H groups in total. The van der Waals surface area contributed by atoms with Crippen molar-refractivity contribution in [2.24, 2.45) is 5.92 Å². The molecule has 1 unspecified atom stereocenters. The first kappa shape index (κ1) is 19.5. The summed E-state index contributed by atoms with van der Waals surface area (Å²) in [6.45, 7) is 2.26. The first-order valence-electron chi connectivity index (χ1n) is 9.82. The van der Waals surface area contributed by atoms with E-state index in [9.17, 15) is 14.9 Å². The van der Waals surface area contributed by atoms with Crippen LogP contribution in [0.3, 0.4) is 0 Å². The number of ether oxygens (including phenoxy) is 1. The zero-order valence-corrected chi connectivity index (χ0v) is 17.4. The standard InChI is InChI=1S/C22H23N3O3S/c1-13-7-8-18(28-2)17(9-13)25-12-14(10-20(25)26)21(27)24-22-16(11-23)15-5-3-4-6-19(15)29-22/h7-9,14H,3-6,10,12H2,1-2H3,(H,24,27). The average Bonchev–Trinajstić information content (AvgIpc) is 3.27. The van der Waals surface area contributed by atoms with Gasteiger partial charge in [0.15, 0.2) is 0 Å². The third-order valence-electron chi connectivity index (χ3n) is 5.64. The molecule has 150 valence electrons. The van der Waals surface area contributed by atoms with Gasteiger partial charge in [0.05, 0.1) is 24.3 Å². The molecule has 2 aromatic rings. The van der Waals surface area contributed by atoms with Gasteiger partial charge in [0, 0.05) is 17.8 Å². The molecular formula is C22H23N3O3S. The van der Waals surface area contributed by atoms with Crippen LogP contribution in [0.2, 0.25) is 0 Å². The Morgan fingerprint density at radius 1 is 1.34 bits per heavy atom. The quantitative estimate of drug-likeness (QED) is 0.832. The fourth-order valence-electron chi connectivity index (χ4n) is 4.11. The van der Waals surface area contributed by atoms with Gasteiger partial charge in [-0.25, -0.2) is 0 Å². The summed E-state index contributed by atoms with van der Waals surface area (Å²) in [6, 6.07) is 7.93. The molecule has 2 heterocycles. The Morgan fingerprint density at radius 2 is 2.14 bits per heavy atom. The lowest BCUT2D eigenvalue weighted by atomic mass is 9.96. The van der Waals surface area contributed by atoms with E-state index in [2.05, 4.69) is 11.4 Å². The summed E-state index contributed by atoms with van der Waals surface area (Å²) < 4.78 is 5.40. The van der Waals surface area contributed by atoms with Crippen LogP contribution in [0.15, 0.2) is 18.2 Å². The van der Waals surface area contributed by atoms with Gasteiger partial charge in [-0.15, -0.1) is 11.3 Å². The molecule has 6 nitrogen and oxygen atoms in total. The Bertz CT molecular complexity index is 1020. The zero-order chi connectivity index (χ0) is 20.5. The molecule has 2 aliphatic rings. The summed E-state index contributed by atoms with van der Waals surface area (Å²) in [7, 11) is 1.57. The van der Waals surface area contributed by atoms with Crippen molar-refractivity contribution in [3.05, 3.63) is 39.8 Å². The minimum Gasteiger partial charge on any atom is -0.495 e. The van der Waals surface area contributed by atoms with Crippen LogP contribution < -0.4 is 15.0 Å². The third kappa shape index (κ3) is 3.60. The molecule has 0 bridgehead atoms. The maximum Gasteiger partial charge on any atom is 0.230 e. The number of anilines is 2. The van der Waals surface area contributed by atoms with Crippen LogP contribution >= 0.6 is 11.3 Å². The van der Waals surface area contributed by atoms with E-state index >= 15 is 0 Å². The van der Waals surface area contributed by atoms with Crippen LogP contribution in [-0.2, 0) is 22.4 Å². The van der Waals surface area contributed by atoms with Crippen molar-refractivity contribution >= 4 is 33.8 Å². The highest BCUT2D eigenvalue weighted by Crippen LogP contribution is 2.39. The fourth-order valence-corrected chi connectivity index (χ4v) is 5.36. The van der Waals surface area contributed by atoms with Gasteiger partial charge in [0.1, 0.15) is 16.8 Å². The molecule has 1 atom stereocenters. The number of fused-ring (bicyclic) bond motifs is 1. The number of benzene rings is 1. The Morgan fingerprint density at radius 3 is 2.90 bits per heavy atom. The van der Waals surface area contributed by atoms with Crippen LogP contribution in [0.25, 0.3) is 0 Å². The number of methoxy groups -OCH3 is 1. The van der Waals surface area contributed by atoms with Gasteiger partial charge in [-0.3, -0.25) is 9.59 Å². The van der Waals surface area contributed by atoms with Gasteiger partial charge in [0.2, 0.25) is 11.8 Å². The number of thiophene rings is 1. The van der Waals surface area contributed by atoms with Gasteiger partial charge >= 0.3 is 0 Å². The summed E-state index contributed by atoms with van der Waals surface area (Å²) >= 11 is 1.51. The third-order valence-corrected chi connectivity index (χ3v) is 6.85. The van der Waals surface area contributed by atoms with Crippen molar-refractivity contribution in [2.75, 3.05) is 23.9 Å². The Balaban J connectivity index is 1.53. The van der Waals surface area contributed by atoms with E-state index in [-0.39, 0.29) is 18.2 Å². The number of hydrogen-bond acceptors (Lipinski definition) is 5. The number of carbonyl (C=O) groups is 2. The monoisotopic (exact) mass is 409 g/mol. The van der Waals surface area contributed by atoms with Gasteiger partial charge in [-0.2, -0.15) is 5.26 Å². The van der Waals surface area contributed by atoms with Gasteiger partial charge in [-0.05, 0) is 55.9 Å². The molecule has 29 heavy (non-hydrogen) atoms. The predicted octanol–water partition coefficient (Wildman–Crippen LogP) is 3.81. The molecular weight excluding hydrogens is 386 g/mol. The number of nitrogens with zero attached hydrogens (tertiary/aromatic N) is 2. The van der Waals surface area contributed by atoms with Crippen LogP contribution in [0.4, 0.5) is 10.7 Å². The SMILES string of the molecule is COc1ccc(C)cc1N1CC(C(=O)Nc2sc3c(c2C#N)CCCC3)CC1=O. The fraction of sp³-hybridized carbons (Fsp3) is 0.409. The number of amides is 2. The van der Waals surface area contributed by atoms with E-state index in [1.54, 1.807) is 12.0 Å². The second-order valence-corrected chi connectivity index (χ2v) is 8.70. The summed E-state index contributed by atoms with van der Waals surface area (Å²) in [5.41, 5.74) is 3.40. The molecule has 1 aromatic heterocycles. The van der Waals surface area contributed by atoms with Crippen molar-refractivity contribution in [1.29, 1.82) is 5.26 Å². The highest BCUT2D eigenvalue weighted by atomic mass is 32.1. The van der Waals surface area contributed by atoms with Crippen LogP contribution in [-0.4, -0.2) is 25.5 Å². The lowest BCUT2D eigenvalue weighted by Crippen LogP contribution is -2.28. The maximum atomic E-state index is 12.9. The molecule has 2 amide bonds. The molecule has 0 saturated carbocycles. The second kappa shape index (κ2) is 7.88. The van der Waals surface area contributed by atoms with E-state index < -0.39 is 5.92 Å². The van der Waals surface area contributed by atoms with Crippen molar-refractivity contribution in [2.45, 2.75) is 39.0 Å². The Labute approximate surface area is 174 Å². The number of nitrogens with one attached hydrogen (secondary N) is 1. The smallest absolute Gasteiger partial charge is 0.230 e. The number of carbonyl (C=O) groups excluding carboxylic acids is 2. The van der Waals surface area contributed by atoms with Crippen molar-refractivity contribution in [3.63, 3.8) is 0 Å². The highest BCUT2D eigenvalue weighted by molar-refractivity contribution is 7.16. The largest absolute Gasteiger partial charge is 0.495 e. The lowest BCUT2D eigenvalue weighted by Gasteiger charge is -2.20. The van der Waals surface area contributed by atoms with Gasteiger partial charge in [0.25, 0.3) is 0 Å². The van der Waals surface area contributed by atoms with E-state index in [1.165, 1.54) is 16.2 Å². The first-order chi connectivity index (χ1) is 14.0. The molecule has 1 aliphatic carbocycles. The molecule has 1 aliphatic heterocycles. The van der Waals surface area contributed by atoms with Crippen LogP contribution in [0.5, 0.6) is 5.75 Å². The molecule has 7 heteroatoms. The van der Waals surface area contributed by atoms with Crippen LogP contribution in [0.1, 0.15) is 40.8 Å². The second-order valence-electron chi connectivity index (χ2n) is 7.60. The number of nitriles is 1. The number of rotatable bonds is 4. The molecule has 1 saturated heterocycles. The average molecular weight is 410 g/mol. The van der Waals surface area contributed by atoms with Crippen molar-refractivity contribution in [1.82, 2.24) is 0 Å². The normalized spacial score (nSPS) is 18.3. The summed E-state index contributed by atoms with van der Waals surface area (Å²) in [4.78, 5) is 28.4. The molecule has 1 aromatic carbocycles. The van der Waals surface area contributed by atoms with Gasteiger partial charge < -0.3 is 15.0 Å². The first-order valence-corrected chi connectivity index (χ1v) is 10.6. The number of aryl methyl sites for hydroxylation is 2. The maximum absolute atomic E-state index is 12.9. The minimum absolute atomic E-state index is 0.0972. The molecule has 0 radical (unpaired) electrons. The van der Waals surface area contributed by atoms with E-state index in [1.807, 2.05) is 25.1 Å². The van der Waals surface area contributed by atoms with E-state index in [0.29, 0.717) is 28.5 Å². The zero-order valence-electron chi connectivity index (χ0n) is 16.6. The Hall–Kier alpha value is -2.85. The highest BCUT2D eigenvalue weighted by Gasteiger charge is 2.37. The predicted molar refractivity (Wildman–Crippen MR) is 112 cm³/mol. The lowest BCUT2D eigenvalue weighted by molar-refractivity contribution is -0.122. The summed E-state index contributed by atoms with van der Waals surface area (Å²) in [5, 5.41) is 13.2. The molecule has 1 fully saturated rings. The van der Waals surface area contributed by atoms with Crippen molar-refractivity contribution < 1.29 is 14.3 Å². The Kier molecular flexibility index (Phi) is 5.29. The van der Waals surface area contributed by atoms with E-state index in [0.717, 1.165) is 36.8 Å². The van der Waals surface area contributed by atoms with Crippen LogP contribution in [0, 0.1) is 24.2 Å². The summed E-state index contributed by atoms with van der Waals surface area (Å²) in [6.07, 6.45) is 4.21. The number of hydrogen-bond donors (Lipinski definition) is 1. The van der Waals surface area contributed by atoms with Gasteiger partial charge in [-0.1, -0.05) is 6.07 Å². The molecule has 4 rings (SSSR count). The molecule has 0 spiro atoms. The summed E-state index contributed by atoms with van der Waals surface area (Å²) in [5.74, 6) is -0.149. The topological polar surface area (TPSA) is 82.4 Å². The minimum atomic E-state index is -0.460. The van der Waals surface area contributed by atoms with E-state index in [4.69, 9.17) is 4.74 Å². The van der Waals surface area contributed by atoms with Crippen molar-refractivity contribution in [3.8, 4) is 11.8 Å².